The fourth-order valence-electron chi connectivity index (χ4n) is 3.69. The molecule has 21 heteroatoms. The lowest BCUT2D eigenvalue weighted by atomic mass is 10.2. The Labute approximate surface area is 240 Å². The van der Waals surface area contributed by atoms with Crippen molar-refractivity contribution in [2.45, 2.75) is 70.4 Å². The highest BCUT2D eigenvalue weighted by Gasteiger charge is 2.42. The molecule has 0 aliphatic carbocycles. The number of ether oxygens (including phenoxy) is 2. The monoisotopic (exact) mass is 664 g/mol. The van der Waals surface area contributed by atoms with Gasteiger partial charge < -0.3 is 44.3 Å². The van der Waals surface area contributed by atoms with Crippen molar-refractivity contribution < 1.29 is 70.6 Å². The number of amides is 1. The second-order valence-corrected chi connectivity index (χ2v) is 13.7. The van der Waals surface area contributed by atoms with Crippen molar-refractivity contribution >= 4 is 35.2 Å². The molecule has 0 saturated carbocycles. The van der Waals surface area contributed by atoms with Gasteiger partial charge in [0.1, 0.15) is 18.1 Å². The first kappa shape index (κ1) is 36.6. The average Bonchev–Trinajstić information content (AvgIpc) is 3.20. The van der Waals surface area contributed by atoms with Crippen LogP contribution in [0.5, 0.6) is 0 Å². The average molecular weight is 664 g/mol. The number of ketones is 1. The van der Waals surface area contributed by atoms with Gasteiger partial charge in [0.2, 0.25) is 5.91 Å². The summed E-state index contributed by atoms with van der Waals surface area (Å²) >= 11 is 0. The predicted molar refractivity (Wildman–Crippen MR) is 141 cm³/mol. The number of aromatic nitrogens is 1. The normalized spacial score (nSPS) is 21.9. The number of phosphoric acid groups is 3. The van der Waals surface area contributed by atoms with Crippen LogP contribution in [0, 0.1) is 0 Å². The minimum atomic E-state index is -5.70. The van der Waals surface area contributed by atoms with E-state index in [-0.39, 0.29) is 31.1 Å². The van der Waals surface area contributed by atoms with Gasteiger partial charge >= 0.3 is 23.5 Å². The van der Waals surface area contributed by atoms with Crippen LogP contribution in [-0.4, -0.2) is 73.0 Å². The second kappa shape index (κ2) is 16.5. The van der Waals surface area contributed by atoms with Crippen LogP contribution < -0.4 is 10.9 Å². The molecule has 0 spiro atoms. The smallest absolute Gasteiger partial charge is 0.390 e. The lowest BCUT2D eigenvalue weighted by molar-refractivity contribution is -0.121. The van der Waals surface area contributed by atoms with Gasteiger partial charge in [-0.15, -0.1) is 0 Å². The number of rotatable bonds is 19. The van der Waals surface area contributed by atoms with Gasteiger partial charge in [0, 0.05) is 51.3 Å². The summed E-state index contributed by atoms with van der Waals surface area (Å²) in [6.45, 7) is 1.72. The number of nitrogens with one attached hydrogen (secondary N) is 1. The van der Waals surface area contributed by atoms with Crippen molar-refractivity contribution in [2.24, 2.45) is 0 Å². The Kier molecular flexibility index (Phi) is 14.3. The highest BCUT2D eigenvalue weighted by molar-refractivity contribution is 7.66. The largest absolute Gasteiger partial charge is 0.490 e. The van der Waals surface area contributed by atoms with E-state index in [0.29, 0.717) is 44.5 Å². The molecule has 0 aromatic carbocycles. The summed E-state index contributed by atoms with van der Waals surface area (Å²) in [7, 11) is -16.7. The van der Waals surface area contributed by atoms with Crippen LogP contribution in [-0.2, 0) is 52.4 Å². The molecule has 5 atom stereocenters. The maximum atomic E-state index is 12.6. The third-order valence-corrected chi connectivity index (χ3v) is 9.40. The SMILES string of the molecule is CC(=O)CCCOCCCCC(=O)NCc1ccn([C@H]2C[C@H](O)[C@@H](COP(=O)(O)OP(=O)(O)OP(=O)(O)O)O2)c(=O)c1. The van der Waals surface area contributed by atoms with Crippen molar-refractivity contribution in [1.82, 2.24) is 9.88 Å². The second-order valence-electron chi connectivity index (χ2n) is 9.25. The van der Waals surface area contributed by atoms with E-state index in [1.165, 1.54) is 19.2 Å². The van der Waals surface area contributed by atoms with Gasteiger partial charge in [-0.2, -0.15) is 8.62 Å². The summed E-state index contributed by atoms with van der Waals surface area (Å²) in [5, 5.41) is 12.9. The molecule has 0 bridgehead atoms. The van der Waals surface area contributed by atoms with E-state index in [1.807, 2.05) is 0 Å². The Hall–Kier alpha value is -1.62. The first-order chi connectivity index (χ1) is 19.5. The van der Waals surface area contributed by atoms with Gasteiger partial charge in [0.15, 0.2) is 0 Å². The molecule has 2 unspecified atom stereocenters. The van der Waals surface area contributed by atoms with E-state index in [4.69, 9.17) is 19.3 Å². The summed E-state index contributed by atoms with van der Waals surface area (Å²) in [5.74, 6) is -0.0996. The first-order valence-electron chi connectivity index (χ1n) is 12.6. The molecule has 18 nitrogen and oxygen atoms in total. The van der Waals surface area contributed by atoms with Crippen molar-refractivity contribution in [3.8, 4) is 0 Å². The van der Waals surface area contributed by atoms with E-state index >= 15 is 0 Å². The van der Waals surface area contributed by atoms with Crippen LogP contribution >= 0.6 is 23.5 Å². The van der Waals surface area contributed by atoms with E-state index < -0.39 is 54.1 Å². The van der Waals surface area contributed by atoms with Gasteiger partial charge in [0.25, 0.3) is 5.56 Å². The van der Waals surface area contributed by atoms with Gasteiger partial charge in [-0.05, 0) is 37.8 Å². The Morgan fingerprint density at radius 1 is 1.05 bits per heavy atom. The summed E-state index contributed by atoms with van der Waals surface area (Å²) in [5.41, 5.74) is -0.0319. The van der Waals surface area contributed by atoms with Gasteiger partial charge in [-0.25, -0.2) is 13.7 Å². The van der Waals surface area contributed by atoms with Crippen LogP contribution in [0.25, 0.3) is 0 Å². The molecule has 2 rings (SSSR count). The minimum absolute atomic E-state index is 0.0906. The molecular weight excluding hydrogens is 629 g/mol. The molecule has 1 aliphatic rings. The number of pyridine rings is 1. The molecule has 0 radical (unpaired) electrons. The fraction of sp³-hybridized carbons (Fsp3) is 0.667. The summed E-state index contributed by atoms with van der Waals surface area (Å²) < 4.78 is 57.7. The zero-order valence-corrected chi connectivity index (χ0v) is 25.2. The van der Waals surface area contributed by atoms with Crippen LogP contribution in [0.2, 0.25) is 0 Å². The van der Waals surface area contributed by atoms with Crippen LogP contribution in [0.4, 0.5) is 0 Å². The Morgan fingerprint density at radius 3 is 2.38 bits per heavy atom. The minimum Gasteiger partial charge on any atom is -0.390 e. The lowest BCUT2D eigenvalue weighted by Gasteiger charge is -2.19. The molecule has 1 amide bonds. The molecule has 1 aliphatic heterocycles. The van der Waals surface area contributed by atoms with Gasteiger partial charge in [0.05, 0.1) is 12.7 Å². The number of hydrogen-bond donors (Lipinski definition) is 6. The summed E-state index contributed by atoms with van der Waals surface area (Å²) in [4.78, 5) is 71.4. The third kappa shape index (κ3) is 14.2. The van der Waals surface area contributed by atoms with Crippen LogP contribution in [0.3, 0.4) is 0 Å². The maximum Gasteiger partial charge on any atom is 0.490 e. The van der Waals surface area contributed by atoms with Crippen molar-refractivity contribution in [2.75, 3.05) is 19.8 Å². The molecule has 2 heterocycles. The highest BCUT2D eigenvalue weighted by atomic mass is 31.3. The number of aliphatic hydroxyl groups is 1. The first-order valence-corrected chi connectivity index (χ1v) is 17.2. The van der Waals surface area contributed by atoms with Crippen molar-refractivity contribution in [3.63, 3.8) is 0 Å². The molecule has 240 valence electrons. The van der Waals surface area contributed by atoms with Gasteiger partial charge in [-0.1, -0.05) is 0 Å². The molecule has 42 heavy (non-hydrogen) atoms. The quantitative estimate of drug-likeness (QED) is 0.0890. The van der Waals surface area contributed by atoms with E-state index in [2.05, 4.69) is 18.5 Å². The molecule has 1 fully saturated rings. The number of aliphatic hydroxyl groups excluding tert-OH is 1. The Morgan fingerprint density at radius 2 is 1.74 bits per heavy atom. The topological polar surface area (TPSA) is 267 Å². The standard InChI is InChI=1S/C21H35N2O16P3/c1-15(24)5-4-10-35-9-3-2-6-19(26)22-13-16-7-8-23(20(27)11-16)21-12-17(25)18(37-21)14-36-41(31,32)39-42(33,34)38-40(28,29)30/h7-8,11,17-18,21,25H,2-6,9-10,12-14H2,1H3,(H,22,26)(H,31,32)(H,33,34)(H2,28,29,30)/t17-,18+,21+/m0/s1. The highest BCUT2D eigenvalue weighted by Crippen LogP contribution is 2.66. The number of unbranched alkanes of at least 4 members (excludes halogenated alkanes) is 1. The molecule has 1 aromatic rings. The molecule has 6 N–H and O–H groups in total. The van der Waals surface area contributed by atoms with Crippen molar-refractivity contribution in [1.29, 1.82) is 0 Å². The zero-order valence-electron chi connectivity index (χ0n) is 22.6. The Balaban J connectivity index is 1.78. The number of carbonyl (C=O) groups excluding carboxylic acids is 2. The van der Waals surface area contributed by atoms with E-state index in [0.717, 1.165) is 4.57 Å². The van der Waals surface area contributed by atoms with Crippen LogP contribution in [0.1, 0.15) is 57.2 Å². The number of nitrogens with zero attached hydrogens (tertiary/aromatic N) is 1. The summed E-state index contributed by atoms with van der Waals surface area (Å²) in [6, 6.07) is 2.80. The zero-order chi connectivity index (χ0) is 31.6. The predicted octanol–water partition coefficient (Wildman–Crippen LogP) is 1.01. The fourth-order valence-corrected chi connectivity index (χ4v) is 6.72. The Bertz CT molecular complexity index is 1270. The number of Topliss-reactive ketones (excluding diaryl/α,β-unsaturated/α-hetero) is 1. The molecule has 1 saturated heterocycles. The summed E-state index contributed by atoms with van der Waals surface area (Å²) in [6.07, 6.45) is 0.303. The molecular formula is C21H35N2O16P3. The van der Waals surface area contributed by atoms with Gasteiger partial charge in [-0.3, -0.25) is 18.7 Å². The molecule has 1 aromatic heterocycles. The number of carbonyl (C=O) groups is 2. The number of phosphoric ester groups is 1. The van der Waals surface area contributed by atoms with Crippen molar-refractivity contribution in [3.05, 3.63) is 34.2 Å². The van der Waals surface area contributed by atoms with E-state index in [9.17, 15) is 43.0 Å². The lowest BCUT2D eigenvalue weighted by Crippen LogP contribution is -2.28. The maximum absolute atomic E-state index is 12.6. The number of hydrogen-bond acceptors (Lipinski definition) is 12. The van der Waals surface area contributed by atoms with E-state index in [1.54, 1.807) is 6.07 Å². The third-order valence-electron chi connectivity index (χ3n) is 5.59. The van der Waals surface area contributed by atoms with Crippen LogP contribution in [0.15, 0.2) is 23.1 Å².